The van der Waals surface area contributed by atoms with Gasteiger partial charge in [0.05, 0.1) is 13.0 Å². The molecule has 3 aromatic rings. The fraction of sp³-hybridized carbons (Fsp3) is 0.276. The average molecular weight is 502 g/mol. The Hall–Kier alpha value is -4.33. The Balaban J connectivity index is 1.29. The number of carbonyl (C=O) groups is 3. The van der Waals surface area contributed by atoms with E-state index in [0.29, 0.717) is 30.3 Å². The van der Waals surface area contributed by atoms with E-state index >= 15 is 0 Å². The van der Waals surface area contributed by atoms with Crippen LogP contribution in [0.15, 0.2) is 66.7 Å². The number of nitrogens with one attached hydrogen (secondary N) is 2. The molecular weight excluding hydrogens is 470 g/mol. The van der Waals surface area contributed by atoms with Gasteiger partial charge < -0.3 is 25.0 Å². The molecule has 8 nitrogen and oxygen atoms in total. The summed E-state index contributed by atoms with van der Waals surface area (Å²) < 4.78 is 11.0. The van der Waals surface area contributed by atoms with Crippen molar-refractivity contribution < 1.29 is 23.9 Å². The highest BCUT2D eigenvalue weighted by Crippen LogP contribution is 2.27. The number of hydrogen-bond acceptors (Lipinski definition) is 5. The summed E-state index contributed by atoms with van der Waals surface area (Å²) in [6.07, 6.45) is 0.147. The first kappa shape index (κ1) is 25.8. The molecule has 1 saturated heterocycles. The second kappa shape index (κ2) is 11.6. The van der Waals surface area contributed by atoms with E-state index in [1.165, 1.54) is 0 Å². The molecule has 37 heavy (non-hydrogen) atoms. The summed E-state index contributed by atoms with van der Waals surface area (Å²) in [4.78, 5) is 39.3. The lowest BCUT2D eigenvalue weighted by atomic mass is 10.1. The van der Waals surface area contributed by atoms with Gasteiger partial charge in [-0.15, -0.1) is 0 Å². The minimum Gasteiger partial charge on any atom is -0.496 e. The number of methoxy groups -OCH3 is 1. The lowest BCUT2D eigenvalue weighted by Gasteiger charge is -2.17. The van der Waals surface area contributed by atoms with Crippen LogP contribution in [-0.2, 0) is 20.9 Å². The molecule has 8 heteroatoms. The Labute approximate surface area is 216 Å². The molecule has 0 aliphatic carbocycles. The first-order chi connectivity index (χ1) is 17.9. The predicted molar refractivity (Wildman–Crippen MR) is 142 cm³/mol. The first-order valence-electron chi connectivity index (χ1n) is 12.1. The molecule has 1 aliphatic heterocycles. The van der Waals surface area contributed by atoms with Crippen molar-refractivity contribution in [3.63, 3.8) is 0 Å². The van der Waals surface area contributed by atoms with Gasteiger partial charge in [-0.05, 0) is 55.3 Å². The van der Waals surface area contributed by atoms with Crippen molar-refractivity contribution in [2.75, 3.05) is 30.5 Å². The van der Waals surface area contributed by atoms with Gasteiger partial charge in [-0.2, -0.15) is 0 Å². The van der Waals surface area contributed by atoms with Crippen LogP contribution in [0.25, 0.3) is 0 Å². The maximum Gasteiger partial charge on any atom is 0.262 e. The van der Waals surface area contributed by atoms with E-state index in [9.17, 15) is 14.4 Å². The fourth-order valence-corrected chi connectivity index (χ4v) is 4.37. The van der Waals surface area contributed by atoms with Crippen molar-refractivity contribution in [1.29, 1.82) is 0 Å². The Bertz CT molecular complexity index is 1270. The highest BCUT2D eigenvalue weighted by atomic mass is 16.5. The van der Waals surface area contributed by atoms with Crippen molar-refractivity contribution >= 4 is 29.1 Å². The molecule has 0 bridgehead atoms. The van der Waals surface area contributed by atoms with Crippen LogP contribution in [0.1, 0.15) is 23.1 Å². The van der Waals surface area contributed by atoms with Crippen molar-refractivity contribution in [1.82, 2.24) is 5.32 Å². The van der Waals surface area contributed by atoms with Crippen LogP contribution in [0.5, 0.6) is 11.5 Å². The lowest BCUT2D eigenvalue weighted by molar-refractivity contribution is -0.126. The van der Waals surface area contributed by atoms with Crippen LogP contribution in [0.2, 0.25) is 0 Å². The molecule has 4 rings (SSSR count). The monoisotopic (exact) mass is 501 g/mol. The Morgan fingerprint density at radius 2 is 1.68 bits per heavy atom. The number of nitrogens with zero attached hydrogens (tertiary/aromatic N) is 1. The van der Waals surface area contributed by atoms with E-state index in [1.54, 1.807) is 36.3 Å². The zero-order valence-electron chi connectivity index (χ0n) is 21.2. The molecule has 1 fully saturated rings. The van der Waals surface area contributed by atoms with E-state index in [-0.39, 0.29) is 30.7 Å². The van der Waals surface area contributed by atoms with E-state index in [1.807, 2.05) is 56.3 Å². The van der Waals surface area contributed by atoms with Gasteiger partial charge in [0.15, 0.2) is 6.61 Å². The van der Waals surface area contributed by atoms with Gasteiger partial charge in [0.2, 0.25) is 11.8 Å². The summed E-state index contributed by atoms with van der Waals surface area (Å²) in [5.74, 6) is 0.246. The quantitative estimate of drug-likeness (QED) is 0.462. The molecule has 0 unspecified atom stereocenters. The van der Waals surface area contributed by atoms with E-state index < -0.39 is 5.92 Å². The number of carbonyl (C=O) groups excluding carboxylic acids is 3. The van der Waals surface area contributed by atoms with Crippen LogP contribution in [-0.4, -0.2) is 38.0 Å². The highest BCUT2D eigenvalue weighted by Gasteiger charge is 2.35. The minimum absolute atomic E-state index is 0.112. The third-order valence-corrected chi connectivity index (χ3v) is 6.41. The molecule has 2 N–H and O–H groups in total. The number of amides is 3. The summed E-state index contributed by atoms with van der Waals surface area (Å²) >= 11 is 0. The minimum atomic E-state index is -0.438. The normalized spacial score (nSPS) is 14.8. The number of para-hydroxylation sites is 2. The molecule has 0 aromatic heterocycles. The summed E-state index contributed by atoms with van der Waals surface area (Å²) in [6, 6.07) is 20.2. The zero-order chi connectivity index (χ0) is 26.4. The van der Waals surface area contributed by atoms with Crippen molar-refractivity contribution in [3.05, 3.63) is 83.4 Å². The lowest BCUT2D eigenvalue weighted by Crippen LogP contribution is -2.32. The van der Waals surface area contributed by atoms with Gasteiger partial charge in [0.1, 0.15) is 11.5 Å². The van der Waals surface area contributed by atoms with Gasteiger partial charge in [0, 0.05) is 36.4 Å². The third-order valence-electron chi connectivity index (χ3n) is 6.41. The van der Waals surface area contributed by atoms with Gasteiger partial charge in [0.25, 0.3) is 5.91 Å². The van der Waals surface area contributed by atoms with E-state index in [2.05, 4.69) is 10.6 Å². The van der Waals surface area contributed by atoms with Crippen molar-refractivity contribution in [3.8, 4) is 11.5 Å². The third kappa shape index (κ3) is 6.27. The first-order valence-corrected chi connectivity index (χ1v) is 12.1. The van der Waals surface area contributed by atoms with E-state index in [0.717, 1.165) is 22.4 Å². The van der Waals surface area contributed by atoms with Crippen LogP contribution < -0.4 is 25.0 Å². The molecule has 3 aromatic carbocycles. The fourth-order valence-electron chi connectivity index (χ4n) is 4.37. The van der Waals surface area contributed by atoms with Crippen LogP contribution in [0, 0.1) is 19.8 Å². The zero-order valence-corrected chi connectivity index (χ0v) is 21.2. The van der Waals surface area contributed by atoms with Gasteiger partial charge >= 0.3 is 0 Å². The SMILES string of the molecule is COc1ccccc1CNC(=O)[C@@H]1CC(=O)N(c2ccc(OCC(=O)Nc3c(C)cccc3C)cc2)C1. The molecule has 1 atom stereocenters. The van der Waals surface area contributed by atoms with Crippen LogP contribution in [0.3, 0.4) is 0 Å². The number of anilines is 2. The summed E-state index contributed by atoms with van der Waals surface area (Å²) in [7, 11) is 1.59. The smallest absolute Gasteiger partial charge is 0.262 e. The molecule has 0 saturated carbocycles. The largest absolute Gasteiger partial charge is 0.496 e. The van der Waals surface area contributed by atoms with Crippen molar-refractivity contribution in [2.45, 2.75) is 26.8 Å². The number of rotatable bonds is 9. The molecule has 0 radical (unpaired) electrons. The van der Waals surface area contributed by atoms with Gasteiger partial charge in [-0.25, -0.2) is 0 Å². The molecule has 1 heterocycles. The maximum absolute atomic E-state index is 12.7. The number of benzene rings is 3. The van der Waals surface area contributed by atoms with Gasteiger partial charge in [-0.1, -0.05) is 36.4 Å². The number of ether oxygens (including phenoxy) is 2. The van der Waals surface area contributed by atoms with Gasteiger partial charge in [-0.3, -0.25) is 14.4 Å². The van der Waals surface area contributed by atoms with Crippen LogP contribution in [0.4, 0.5) is 11.4 Å². The molecule has 0 spiro atoms. The Morgan fingerprint density at radius 3 is 2.38 bits per heavy atom. The topological polar surface area (TPSA) is 97.0 Å². The predicted octanol–water partition coefficient (Wildman–Crippen LogP) is 4.00. The van der Waals surface area contributed by atoms with Crippen molar-refractivity contribution in [2.24, 2.45) is 5.92 Å². The Morgan fingerprint density at radius 1 is 0.973 bits per heavy atom. The maximum atomic E-state index is 12.7. The molecular formula is C29H31N3O5. The second-order valence-electron chi connectivity index (χ2n) is 9.03. The molecule has 192 valence electrons. The number of hydrogen-bond donors (Lipinski definition) is 2. The summed E-state index contributed by atoms with van der Waals surface area (Å²) in [5, 5.41) is 5.80. The van der Waals surface area contributed by atoms with Crippen LogP contribution >= 0.6 is 0 Å². The highest BCUT2D eigenvalue weighted by molar-refractivity contribution is 6.00. The second-order valence-corrected chi connectivity index (χ2v) is 9.03. The summed E-state index contributed by atoms with van der Waals surface area (Å²) in [5.41, 5.74) is 4.32. The standard InChI is InChI=1S/C29H31N3O5/c1-19-7-6-8-20(2)28(19)31-26(33)18-37-24-13-11-23(12-14-24)32-17-22(15-27(32)34)29(35)30-16-21-9-4-5-10-25(21)36-3/h4-14,22H,15-18H2,1-3H3,(H,30,35)(H,31,33)/t22-/m1/s1. The Kier molecular flexibility index (Phi) is 8.08. The molecule has 3 amide bonds. The molecule has 1 aliphatic rings. The average Bonchev–Trinajstić information content (AvgIpc) is 3.30. The van der Waals surface area contributed by atoms with E-state index in [4.69, 9.17) is 9.47 Å². The summed E-state index contributed by atoms with van der Waals surface area (Å²) in [6.45, 7) is 4.38. The number of aryl methyl sites for hydroxylation is 2.